The normalized spacial score (nSPS) is 13.9. The first kappa shape index (κ1) is 18.7. The first-order chi connectivity index (χ1) is 10.1. The minimum absolute atomic E-state index is 0.0413. The number of alkyl halides is 3. The monoisotopic (exact) mass is 345 g/mol. The van der Waals surface area contributed by atoms with Crippen LogP contribution in [0.1, 0.15) is 19.8 Å². The largest absolute Gasteiger partial charge is 0.573 e. The van der Waals surface area contributed by atoms with E-state index in [0.29, 0.717) is 18.6 Å². The Balaban J connectivity index is 3.03. The van der Waals surface area contributed by atoms with Crippen LogP contribution in [-0.4, -0.2) is 32.5 Å². The molecule has 1 atom stereocenters. The summed E-state index contributed by atoms with van der Waals surface area (Å²) >= 11 is 0. The molecule has 0 saturated carbocycles. The molecular formula is C12H15F4NO4S. The third-order valence-corrected chi connectivity index (χ3v) is 4.18. The van der Waals surface area contributed by atoms with Crippen LogP contribution in [0.25, 0.3) is 0 Å². The molecule has 2 N–H and O–H groups in total. The highest BCUT2D eigenvalue weighted by Crippen LogP contribution is 2.31. The molecule has 0 bridgehead atoms. The maximum atomic E-state index is 13.7. The van der Waals surface area contributed by atoms with Crippen molar-refractivity contribution < 1.29 is 35.8 Å². The lowest BCUT2D eigenvalue weighted by Crippen LogP contribution is -2.29. The van der Waals surface area contributed by atoms with Gasteiger partial charge in [-0.1, -0.05) is 13.0 Å². The van der Waals surface area contributed by atoms with Crippen LogP contribution in [0.3, 0.4) is 0 Å². The highest BCUT2D eigenvalue weighted by Gasteiger charge is 2.35. The lowest BCUT2D eigenvalue weighted by atomic mass is 10.2. The smallest absolute Gasteiger partial charge is 0.404 e. The maximum absolute atomic E-state index is 13.7. The number of aliphatic hydroxyl groups excluding tert-OH is 1. The van der Waals surface area contributed by atoms with E-state index in [-0.39, 0.29) is 13.0 Å². The van der Waals surface area contributed by atoms with Crippen molar-refractivity contribution in [1.29, 1.82) is 0 Å². The fourth-order valence-electron chi connectivity index (χ4n) is 1.59. The van der Waals surface area contributed by atoms with Gasteiger partial charge in [0, 0.05) is 6.54 Å². The molecule has 10 heteroatoms. The second-order valence-corrected chi connectivity index (χ2v) is 6.07. The van der Waals surface area contributed by atoms with E-state index in [2.05, 4.69) is 4.74 Å². The Labute approximate surface area is 125 Å². The summed E-state index contributed by atoms with van der Waals surface area (Å²) in [5.41, 5.74) is 0. The zero-order chi connectivity index (χ0) is 17.0. The van der Waals surface area contributed by atoms with Gasteiger partial charge in [0.25, 0.3) is 0 Å². The highest BCUT2D eigenvalue weighted by molar-refractivity contribution is 7.89. The average Bonchev–Trinajstić information content (AvgIpc) is 2.35. The molecule has 0 aliphatic carbocycles. The van der Waals surface area contributed by atoms with Crippen molar-refractivity contribution in [2.45, 2.75) is 37.1 Å². The number of rotatable bonds is 7. The van der Waals surface area contributed by atoms with Gasteiger partial charge in [-0.3, -0.25) is 0 Å². The first-order valence-electron chi connectivity index (χ1n) is 6.29. The van der Waals surface area contributed by atoms with Gasteiger partial charge in [-0.05, 0) is 25.0 Å². The van der Waals surface area contributed by atoms with E-state index in [1.807, 2.05) is 4.72 Å². The molecule has 0 aliphatic heterocycles. The number of hydrogen-bond acceptors (Lipinski definition) is 4. The minimum atomic E-state index is -5.16. The lowest BCUT2D eigenvalue weighted by molar-refractivity contribution is -0.275. The van der Waals surface area contributed by atoms with Gasteiger partial charge in [0.2, 0.25) is 10.0 Å². The fourth-order valence-corrected chi connectivity index (χ4v) is 2.82. The van der Waals surface area contributed by atoms with Crippen LogP contribution in [0.15, 0.2) is 23.1 Å². The van der Waals surface area contributed by atoms with Gasteiger partial charge in [-0.15, -0.1) is 13.2 Å². The molecule has 0 aliphatic rings. The number of ether oxygens (including phenoxy) is 1. The summed E-state index contributed by atoms with van der Waals surface area (Å²) in [6.07, 6.45) is -5.51. The minimum Gasteiger partial charge on any atom is -0.404 e. The molecule has 0 unspecified atom stereocenters. The third kappa shape index (κ3) is 5.43. The molecule has 0 spiro atoms. The molecule has 0 amide bonds. The van der Waals surface area contributed by atoms with Crippen LogP contribution in [0.2, 0.25) is 0 Å². The van der Waals surface area contributed by atoms with Crippen LogP contribution >= 0.6 is 0 Å². The van der Waals surface area contributed by atoms with E-state index in [1.54, 1.807) is 6.92 Å². The number of halogens is 4. The van der Waals surface area contributed by atoms with Gasteiger partial charge in [-0.2, -0.15) is 0 Å². The van der Waals surface area contributed by atoms with Crippen LogP contribution in [0.4, 0.5) is 17.6 Å². The van der Waals surface area contributed by atoms with E-state index < -0.39 is 39.0 Å². The van der Waals surface area contributed by atoms with E-state index in [9.17, 15) is 31.1 Å². The molecule has 0 radical (unpaired) electrons. The van der Waals surface area contributed by atoms with Crippen molar-refractivity contribution in [3.63, 3.8) is 0 Å². The number of benzene rings is 1. The molecule has 1 aromatic rings. The van der Waals surface area contributed by atoms with Crippen molar-refractivity contribution >= 4 is 10.0 Å². The molecular weight excluding hydrogens is 330 g/mol. The highest BCUT2D eigenvalue weighted by atomic mass is 32.2. The Morgan fingerprint density at radius 2 is 2.00 bits per heavy atom. The van der Waals surface area contributed by atoms with Gasteiger partial charge in [0.1, 0.15) is 5.82 Å². The van der Waals surface area contributed by atoms with Gasteiger partial charge >= 0.3 is 6.36 Å². The molecule has 1 aromatic carbocycles. The zero-order valence-corrected chi connectivity index (χ0v) is 12.3. The summed E-state index contributed by atoms with van der Waals surface area (Å²) < 4.78 is 79.8. The van der Waals surface area contributed by atoms with E-state index >= 15 is 0 Å². The lowest BCUT2D eigenvalue weighted by Gasteiger charge is -2.15. The SMILES string of the molecule is CC[C@H](O)CCNS(=O)(=O)c1c(F)cccc1OC(F)(F)F. The Kier molecular flexibility index (Phi) is 6.15. The van der Waals surface area contributed by atoms with Crippen LogP contribution in [-0.2, 0) is 10.0 Å². The second kappa shape index (κ2) is 7.25. The van der Waals surface area contributed by atoms with E-state index in [4.69, 9.17) is 0 Å². The standard InChI is InChI=1S/C12H15F4NO4S/c1-2-8(18)6-7-17-22(19,20)11-9(13)4-3-5-10(11)21-12(14,15)16/h3-5,8,17-18H,2,6-7H2,1H3/t8-/m0/s1. The third-order valence-electron chi connectivity index (χ3n) is 2.67. The van der Waals surface area contributed by atoms with Gasteiger partial charge in [-0.25, -0.2) is 17.5 Å². The van der Waals surface area contributed by atoms with Crippen molar-refractivity contribution in [1.82, 2.24) is 4.72 Å². The van der Waals surface area contributed by atoms with Crippen molar-refractivity contribution in [3.05, 3.63) is 24.0 Å². The van der Waals surface area contributed by atoms with Crippen LogP contribution < -0.4 is 9.46 Å². The molecule has 0 saturated heterocycles. The van der Waals surface area contributed by atoms with Gasteiger partial charge < -0.3 is 9.84 Å². The summed E-state index contributed by atoms with van der Waals surface area (Å²) in [4.78, 5) is -1.22. The van der Waals surface area contributed by atoms with Gasteiger partial charge in [0.05, 0.1) is 6.10 Å². The topological polar surface area (TPSA) is 75.6 Å². The number of nitrogens with one attached hydrogen (secondary N) is 1. The molecule has 0 aromatic heterocycles. The zero-order valence-electron chi connectivity index (χ0n) is 11.5. The van der Waals surface area contributed by atoms with E-state index in [1.165, 1.54) is 0 Å². The Hall–Kier alpha value is -1.39. The molecule has 22 heavy (non-hydrogen) atoms. The molecule has 1 rings (SSSR count). The van der Waals surface area contributed by atoms with Crippen molar-refractivity contribution in [2.24, 2.45) is 0 Å². The molecule has 126 valence electrons. The average molecular weight is 345 g/mol. The first-order valence-corrected chi connectivity index (χ1v) is 7.77. The van der Waals surface area contributed by atoms with Crippen molar-refractivity contribution in [2.75, 3.05) is 6.54 Å². The summed E-state index contributed by atoms with van der Waals surface area (Å²) in [6.45, 7) is 1.42. The summed E-state index contributed by atoms with van der Waals surface area (Å²) in [7, 11) is -4.56. The summed E-state index contributed by atoms with van der Waals surface area (Å²) in [6, 6.07) is 2.31. The molecule has 0 heterocycles. The molecule has 5 nitrogen and oxygen atoms in total. The predicted molar refractivity (Wildman–Crippen MR) is 69.2 cm³/mol. The predicted octanol–water partition coefficient (Wildman–Crippen LogP) is 2.16. The van der Waals surface area contributed by atoms with Crippen LogP contribution in [0.5, 0.6) is 5.75 Å². The Morgan fingerprint density at radius 3 is 2.55 bits per heavy atom. The van der Waals surface area contributed by atoms with Crippen LogP contribution in [0, 0.1) is 5.82 Å². The summed E-state index contributed by atoms with van der Waals surface area (Å²) in [5.74, 6) is -2.53. The Bertz CT molecular complexity index is 604. The molecule has 0 fully saturated rings. The van der Waals surface area contributed by atoms with Crippen molar-refractivity contribution in [3.8, 4) is 5.75 Å². The maximum Gasteiger partial charge on any atom is 0.573 e. The van der Waals surface area contributed by atoms with E-state index in [0.717, 1.165) is 6.07 Å². The van der Waals surface area contributed by atoms with Gasteiger partial charge in [0.15, 0.2) is 10.6 Å². The Morgan fingerprint density at radius 1 is 1.36 bits per heavy atom. The number of aliphatic hydroxyl groups is 1. The summed E-state index contributed by atoms with van der Waals surface area (Å²) in [5, 5.41) is 9.31. The quantitative estimate of drug-likeness (QED) is 0.743. The fraction of sp³-hybridized carbons (Fsp3) is 0.500. The number of sulfonamides is 1. The number of hydrogen-bond donors (Lipinski definition) is 2. The second-order valence-electron chi connectivity index (χ2n) is 4.36.